The molecule has 0 aromatic rings. The molecule has 2 amide bonds. The van der Waals surface area contributed by atoms with Crippen LogP contribution < -0.4 is 11.1 Å². The standard InChI is InChI=1S/C9H19N3O2/c1-4-7(10)9(14)11-6-5-8(13)12(2)3/h7H,4-6,10H2,1-3H3,(H,11,14)/t7-/m0/s1. The first-order chi connectivity index (χ1) is 6.49. The molecule has 0 radical (unpaired) electrons. The molecule has 1 atom stereocenters. The third kappa shape index (κ3) is 4.81. The largest absolute Gasteiger partial charge is 0.354 e. The highest BCUT2D eigenvalue weighted by molar-refractivity contribution is 5.82. The molecule has 0 aliphatic rings. The third-order valence-corrected chi connectivity index (χ3v) is 1.91. The fourth-order valence-corrected chi connectivity index (χ4v) is 0.833. The summed E-state index contributed by atoms with van der Waals surface area (Å²) in [5.41, 5.74) is 5.49. The minimum Gasteiger partial charge on any atom is -0.354 e. The first kappa shape index (κ1) is 12.9. The van der Waals surface area contributed by atoms with Gasteiger partial charge in [0, 0.05) is 27.1 Å². The normalized spacial score (nSPS) is 12.0. The highest BCUT2D eigenvalue weighted by atomic mass is 16.2. The molecular formula is C9H19N3O2. The van der Waals surface area contributed by atoms with Gasteiger partial charge in [0.05, 0.1) is 6.04 Å². The summed E-state index contributed by atoms with van der Waals surface area (Å²) in [6, 6.07) is -0.468. The predicted molar refractivity (Wildman–Crippen MR) is 54.6 cm³/mol. The van der Waals surface area contributed by atoms with Gasteiger partial charge in [-0.1, -0.05) is 6.92 Å². The Morgan fingerprint density at radius 3 is 2.43 bits per heavy atom. The van der Waals surface area contributed by atoms with Crippen molar-refractivity contribution in [3.8, 4) is 0 Å². The van der Waals surface area contributed by atoms with Gasteiger partial charge in [-0.2, -0.15) is 0 Å². The monoisotopic (exact) mass is 201 g/mol. The summed E-state index contributed by atoms with van der Waals surface area (Å²) >= 11 is 0. The Balaban J connectivity index is 3.64. The van der Waals surface area contributed by atoms with Crippen LogP contribution in [0.25, 0.3) is 0 Å². The van der Waals surface area contributed by atoms with E-state index in [-0.39, 0.29) is 11.8 Å². The second-order valence-electron chi connectivity index (χ2n) is 3.34. The molecule has 0 saturated carbocycles. The number of carbonyl (C=O) groups is 2. The van der Waals surface area contributed by atoms with Crippen LogP contribution in [0.4, 0.5) is 0 Å². The molecule has 3 N–H and O–H groups in total. The lowest BCUT2D eigenvalue weighted by Crippen LogP contribution is -2.41. The van der Waals surface area contributed by atoms with Gasteiger partial charge in [0.15, 0.2) is 0 Å². The molecule has 0 aliphatic carbocycles. The highest BCUT2D eigenvalue weighted by Gasteiger charge is 2.10. The fraction of sp³-hybridized carbons (Fsp3) is 0.778. The Morgan fingerprint density at radius 1 is 1.43 bits per heavy atom. The van der Waals surface area contributed by atoms with Crippen molar-refractivity contribution in [1.82, 2.24) is 10.2 Å². The number of hydrogen-bond acceptors (Lipinski definition) is 3. The summed E-state index contributed by atoms with van der Waals surface area (Å²) in [5.74, 6) is -0.200. The van der Waals surface area contributed by atoms with Gasteiger partial charge in [-0.3, -0.25) is 9.59 Å². The Morgan fingerprint density at radius 2 is 2.00 bits per heavy atom. The maximum absolute atomic E-state index is 11.2. The summed E-state index contributed by atoms with van der Waals surface area (Å²) in [5, 5.41) is 2.61. The second-order valence-corrected chi connectivity index (χ2v) is 3.34. The average molecular weight is 201 g/mol. The van der Waals surface area contributed by atoms with Crippen LogP contribution in [0.15, 0.2) is 0 Å². The summed E-state index contributed by atoms with van der Waals surface area (Å²) < 4.78 is 0. The number of hydrogen-bond donors (Lipinski definition) is 2. The molecule has 5 heteroatoms. The lowest BCUT2D eigenvalue weighted by atomic mass is 10.2. The zero-order valence-electron chi connectivity index (χ0n) is 9.04. The first-order valence-electron chi connectivity index (χ1n) is 4.72. The molecule has 0 fully saturated rings. The quantitative estimate of drug-likeness (QED) is 0.618. The Labute approximate surface area is 84.6 Å². The van der Waals surface area contributed by atoms with Gasteiger partial charge in [0.1, 0.15) is 0 Å². The van der Waals surface area contributed by atoms with Crippen LogP contribution in [0, 0.1) is 0 Å². The average Bonchev–Trinajstić information content (AvgIpc) is 2.15. The van der Waals surface area contributed by atoms with E-state index in [4.69, 9.17) is 5.73 Å². The molecule has 82 valence electrons. The Bertz CT molecular complexity index is 204. The van der Waals surface area contributed by atoms with Crippen molar-refractivity contribution >= 4 is 11.8 Å². The van der Waals surface area contributed by atoms with Gasteiger partial charge in [0.2, 0.25) is 11.8 Å². The van der Waals surface area contributed by atoms with Crippen molar-refractivity contribution in [3.63, 3.8) is 0 Å². The molecule has 0 bridgehead atoms. The van der Waals surface area contributed by atoms with Gasteiger partial charge in [-0.05, 0) is 6.42 Å². The second kappa shape index (κ2) is 6.37. The molecule has 0 unspecified atom stereocenters. The maximum atomic E-state index is 11.2. The van der Waals surface area contributed by atoms with E-state index < -0.39 is 6.04 Å². The summed E-state index contributed by atoms with van der Waals surface area (Å²) in [6.45, 7) is 2.19. The molecule has 0 saturated heterocycles. The zero-order valence-corrected chi connectivity index (χ0v) is 9.04. The van der Waals surface area contributed by atoms with Crippen molar-refractivity contribution in [1.29, 1.82) is 0 Å². The van der Waals surface area contributed by atoms with Crippen LogP contribution in [-0.4, -0.2) is 43.4 Å². The molecule has 0 spiro atoms. The van der Waals surface area contributed by atoms with Gasteiger partial charge in [-0.15, -0.1) is 0 Å². The van der Waals surface area contributed by atoms with Crippen LogP contribution in [0.1, 0.15) is 19.8 Å². The van der Waals surface area contributed by atoms with E-state index in [2.05, 4.69) is 5.32 Å². The molecule has 0 heterocycles. The van der Waals surface area contributed by atoms with Crippen molar-refractivity contribution in [2.24, 2.45) is 5.73 Å². The summed E-state index contributed by atoms with van der Waals surface area (Å²) in [4.78, 5) is 23.8. The molecule has 0 aromatic heterocycles. The number of nitrogens with two attached hydrogens (primary N) is 1. The summed E-state index contributed by atoms with van der Waals surface area (Å²) in [6.07, 6.45) is 0.919. The van der Waals surface area contributed by atoms with Crippen molar-refractivity contribution < 1.29 is 9.59 Å². The zero-order chi connectivity index (χ0) is 11.1. The van der Waals surface area contributed by atoms with E-state index in [1.165, 1.54) is 4.90 Å². The highest BCUT2D eigenvalue weighted by Crippen LogP contribution is 1.88. The lowest BCUT2D eigenvalue weighted by molar-refractivity contribution is -0.128. The van der Waals surface area contributed by atoms with E-state index in [9.17, 15) is 9.59 Å². The smallest absolute Gasteiger partial charge is 0.236 e. The molecule has 0 rings (SSSR count). The number of nitrogens with one attached hydrogen (secondary N) is 1. The van der Waals surface area contributed by atoms with Crippen LogP contribution in [0.2, 0.25) is 0 Å². The maximum Gasteiger partial charge on any atom is 0.236 e. The van der Waals surface area contributed by atoms with Gasteiger partial charge in [-0.25, -0.2) is 0 Å². The van der Waals surface area contributed by atoms with E-state index in [0.29, 0.717) is 19.4 Å². The van der Waals surface area contributed by atoms with E-state index >= 15 is 0 Å². The van der Waals surface area contributed by atoms with Gasteiger partial charge in [0.25, 0.3) is 0 Å². The topological polar surface area (TPSA) is 75.4 Å². The molecule has 5 nitrogen and oxygen atoms in total. The number of nitrogens with zero attached hydrogens (tertiary/aromatic N) is 1. The van der Waals surface area contributed by atoms with Gasteiger partial charge < -0.3 is 16.0 Å². The van der Waals surface area contributed by atoms with Gasteiger partial charge >= 0.3 is 0 Å². The fourth-order valence-electron chi connectivity index (χ4n) is 0.833. The lowest BCUT2D eigenvalue weighted by Gasteiger charge is -2.12. The molecular weight excluding hydrogens is 182 g/mol. The molecule has 0 aromatic carbocycles. The van der Waals surface area contributed by atoms with E-state index in [1.54, 1.807) is 14.1 Å². The number of amides is 2. The third-order valence-electron chi connectivity index (χ3n) is 1.91. The summed E-state index contributed by atoms with van der Waals surface area (Å²) in [7, 11) is 3.36. The Kier molecular flexibility index (Phi) is 5.87. The van der Waals surface area contributed by atoms with Crippen LogP contribution >= 0.6 is 0 Å². The predicted octanol–water partition coefficient (Wildman–Crippen LogP) is -0.682. The van der Waals surface area contributed by atoms with Crippen LogP contribution in [0.3, 0.4) is 0 Å². The Hall–Kier alpha value is -1.10. The van der Waals surface area contributed by atoms with Crippen molar-refractivity contribution in [2.45, 2.75) is 25.8 Å². The minimum atomic E-state index is -0.468. The SMILES string of the molecule is CC[C@H](N)C(=O)NCCC(=O)N(C)C. The van der Waals surface area contributed by atoms with Crippen LogP contribution in [0.5, 0.6) is 0 Å². The first-order valence-corrected chi connectivity index (χ1v) is 4.72. The van der Waals surface area contributed by atoms with Crippen molar-refractivity contribution in [2.75, 3.05) is 20.6 Å². The van der Waals surface area contributed by atoms with E-state index in [0.717, 1.165) is 0 Å². The van der Waals surface area contributed by atoms with Crippen LogP contribution in [-0.2, 0) is 9.59 Å². The van der Waals surface area contributed by atoms with E-state index in [1.807, 2.05) is 6.92 Å². The molecule has 14 heavy (non-hydrogen) atoms. The van der Waals surface area contributed by atoms with Crippen molar-refractivity contribution in [3.05, 3.63) is 0 Å². The number of carbonyl (C=O) groups excluding carboxylic acids is 2. The molecule has 0 aliphatic heterocycles. The number of rotatable bonds is 5. The minimum absolute atomic E-state index is 0.00429.